The summed E-state index contributed by atoms with van der Waals surface area (Å²) in [6, 6.07) is 2.15. The molecule has 0 radical (unpaired) electrons. The first kappa shape index (κ1) is 12.2. The van der Waals surface area contributed by atoms with Crippen molar-refractivity contribution in [2.45, 2.75) is 39.8 Å². The van der Waals surface area contributed by atoms with Crippen LogP contribution in [0.25, 0.3) is 0 Å². The second-order valence-corrected chi connectivity index (χ2v) is 3.72. The van der Waals surface area contributed by atoms with Crippen molar-refractivity contribution in [2.75, 3.05) is 13.2 Å². The van der Waals surface area contributed by atoms with Gasteiger partial charge in [-0.2, -0.15) is 5.10 Å². The summed E-state index contributed by atoms with van der Waals surface area (Å²) in [5.41, 5.74) is 8.21. The SMILES string of the molecule is CCOCC(N)Cc1cc(C)nn1CC. The molecule has 0 amide bonds. The second-order valence-electron chi connectivity index (χ2n) is 3.72. The average molecular weight is 211 g/mol. The van der Waals surface area contributed by atoms with E-state index in [1.807, 2.05) is 18.5 Å². The lowest BCUT2D eigenvalue weighted by molar-refractivity contribution is 0.132. The van der Waals surface area contributed by atoms with Gasteiger partial charge in [0.15, 0.2) is 0 Å². The molecule has 86 valence electrons. The molecule has 15 heavy (non-hydrogen) atoms. The molecule has 1 aromatic heterocycles. The number of rotatable bonds is 6. The van der Waals surface area contributed by atoms with Crippen LogP contribution in [-0.2, 0) is 17.7 Å². The Hall–Kier alpha value is -0.870. The standard InChI is InChI=1S/C11H21N3O/c1-4-14-11(6-9(3)13-14)7-10(12)8-15-5-2/h6,10H,4-5,7-8,12H2,1-3H3. The molecule has 4 nitrogen and oxygen atoms in total. The van der Waals surface area contributed by atoms with E-state index in [0.29, 0.717) is 6.61 Å². The van der Waals surface area contributed by atoms with Crippen LogP contribution in [0.5, 0.6) is 0 Å². The van der Waals surface area contributed by atoms with Crippen molar-refractivity contribution in [1.29, 1.82) is 0 Å². The minimum absolute atomic E-state index is 0.0614. The van der Waals surface area contributed by atoms with Crippen molar-refractivity contribution in [1.82, 2.24) is 9.78 Å². The van der Waals surface area contributed by atoms with Gasteiger partial charge in [0.25, 0.3) is 0 Å². The fourth-order valence-electron chi connectivity index (χ4n) is 1.63. The summed E-state index contributed by atoms with van der Waals surface area (Å²) in [5.74, 6) is 0. The summed E-state index contributed by atoms with van der Waals surface area (Å²) in [6.07, 6.45) is 0.828. The number of hydrogen-bond acceptors (Lipinski definition) is 3. The molecule has 1 heterocycles. The van der Waals surface area contributed by atoms with Crippen LogP contribution in [0.3, 0.4) is 0 Å². The van der Waals surface area contributed by atoms with Crippen molar-refractivity contribution in [3.05, 3.63) is 17.5 Å². The van der Waals surface area contributed by atoms with Crippen LogP contribution in [-0.4, -0.2) is 29.0 Å². The molecule has 0 aliphatic heterocycles. The molecule has 1 atom stereocenters. The first-order chi connectivity index (χ1) is 7.17. The normalized spacial score (nSPS) is 13.1. The van der Waals surface area contributed by atoms with Gasteiger partial charge in [-0.25, -0.2) is 0 Å². The molecular formula is C11H21N3O. The van der Waals surface area contributed by atoms with E-state index in [1.54, 1.807) is 0 Å². The smallest absolute Gasteiger partial charge is 0.0621 e. The third kappa shape index (κ3) is 3.64. The quantitative estimate of drug-likeness (QED) is 0.767. The van der Waals surface area contributed by atoms with E-state index in [0.717, 1.165) is 25.3 Å². The minimum atomic E-state index is 0.0614. The average Bonchev–Trinajstić information content (AvgIpc) is 2.55. The van der Waals surface area contributed by atoms with E-state index in [4.69, 9.17) is 10.5 Å². The van der Waals surface area contributed by atoms with Gasteiger partial charge in [-0.15, -0.1) is 0 Å². The lowest BCUT2D eigenvalue weighted by Crippen LogP contribution is -2.29. The summed E-state index contributed by atoms with van der Waals surface area (Å²) >= 11 is 0. The van der Waals surface area contributed by atoms with E-state index in [9.17, 15) is 0 Å². The number of nitrogens with two attached hydrogens (primary N) is 1. The summed E-state index contributed by atoms with van der Waals surface area (Å²) in [6.45, 7) is 8.30. The predicted molar refractivity (Wildman–Crippen MR) is 60.8 cm³/mol. The molecule has 0 aromatic carbocycles. The first-order valence-electron chi connectivity index (χ1n) is 5.54. The van der Waals surface area contributed by atoms with Crippen LogP contribution in [0, 0.1) is 6.92 Å². The highest BCUT2D eigenvalue weighted by Crippen LogP contribution is 2.06. The van der Waals surface area contributed by atoms with E-state index in [1.165, 1.54) is 5.69 Å². The first-order valence-corrected chi connectivity index (χ1v) is 5.54. The fraction of sp³-hybridized carbons (Fsp3) is 0.727. The minimum Gasteiger partial charge on any atom is -0.380 e. The Morgan fingerprint density at radius 2 is 2.27 bits per heavy atom. The molecule has 2 N–H and O–H groups in total. The number of hydrogen-bond donors (Lipinski definition) is 1. The van der Waals surface area contributed by atoms with Gasteiger partial charge in [0.1, 0.15) is 0 Å². The van der Waals surface area contributed by atoms with Crippen LogP contribution >= 0.6 is 0 Å². The van der Waals surface area contributed by atoms with Crippen molar-refractivity contribution >= 4 is 0 Å². The zero-order chi connectivity index (χ0) is 11.3. The molecule has 0 bridgehead atoms. The largest absolute Gasteiger partial charge is 0.380 e. The third-order valence-electron chi connectivity index (χ3n) is 2.29. The Labute approximate surface area is 91.4 Å². The van der Waals surface area contributed by atoms with Crippen LogP contribution < -0.4 is 5.73 Å². The van der Waals surface area contributed by atoms with Gasteiger partial charge in [0.2, 0.25) is 0 Å². The van der Waals surface area contributed by atoms with Gasteiger partial charge in [-0.05, 0) is 26.8 Å². The topological polar surface area (TPSA) is 53.1 Å². The fourth-order valence-corrected chi connectivity index (χ4v) is 1.63. The Balaban J connectivity index is 2.54. The summed E-state index contributed by atoms with van der Waals surface area (Å²) < 4.78 is 7.29. The highest BCUT2D eigenvalue weighted by molar-refractivity contribution is 5.10. The molecule has 0 fully saturated rings. The van der Waals surface area contributed by atoms with Crippen molar-refractivity contribution in [3.63, 3.8) is 0 Å². The van der Waals surface area contributed by atoms with Crippen molar-refractivity contribution in [3.8, 4) is 0 Å². The Bertz CT molecular complexity index is 296. The van der Waals surface area contributed by atoms with Gasteiger partial charge in [-0.1, -0.05) is 0 Å². The van der Waals surface area contributed by atoms with Crippen LogP contribution in [0.15, 0.2) is 6.07 Å². The molecule has 0 aliphatic carbocycles. The Kier molecular flexibility index (Phi) is 4.78. The zero-order valence-electron chi connectivity index (χ0n) is 9.86. The molecule has 1 aromatic rings. The third-order valence-corrected chi connectivity index (χ3v) is 2.29. The number of aromatic nitrogens is 2. The molecule has 1 unspecified atom stereocenters. The maximum Gasteiger partial charge on any atom is 0.0621 e. The van der Waals surface area contributed by atoms with Gasteiger partial charge in [0.05, 0.1) is 12.3 Å². The molecule has 0 aliphatic rings. The number of ether oxygens (including phenoxy) is 1. The van der Waals surface area contributed by atoms with Crippen LogP contribution in [0.1, 0.15) is 25.2 Å². The Morgan fingerprint density at radius 1 is 1.53 bits per heavy atom. The monoisotopic (exact) mass is 211 g/mol. The highest BCUT2D eigenvalue weighted by Gasteiger charge is 2.09. The molecule has 1 rings (SSSR count). The number of nitrogens with zero attached hydrogens (tertiary/aromatic N) is 2. The van der Waals surface area contributed by atoms with E-state index >= 15 is 0 Å². The summed E-state index contributed by atoms with van der Waals surface area (Å²) in [7, 11) is 0. The summed E-state index contributed by atoms with van der Waals surface area (Å²) in [5, 5.41) is 4.38. The van der Waals surface area contributed by atoms with Crippen molar-refractivity contribution < 1.29 is 4.74 Å². The molecule has 4 heteroatoms. The molecule has 0 saturated heterocycles. The van der Waals surface area contributed by atoms with Crippen LogP contribution in [0.2, 0.25) is 0 Å². The van der Waals surface area contributed by atoms with Gasteiger partial charge in [0, 0.05) is 31.3 Å². The van der Waals surface area contributed by atoms with Gasteiger partial charge >= 0.3 is 0 Å². The lowest BCUT2D eigenvalue weighted by atomic mass is 10.1. The maximum atomic E-state index is 5.96. The second kappa shape index (κ2) is 5.88. The molecule has 0 spiro atoms. The van der Waals surface area contributed by atoms with Gasteiger partial charge in [-0.3, -0.25) is 4.68 Å². The number of aryl methyl sites for hydroxylation is 2. The van der Waals surface area contributed by atoms with Crippen LogP contribution in [0.4, 0.5) is 0 Å². The van der Waals surface area contributed by atoms with E-state index < -0.39 is 0 Å². The maximum absolute atomic E-state index is 5.96. The zero-order valence-corrected chi connectivity index (χ0v) is 9.86. The van der Waals surface area contributed by atoms with Gasteiger partial charge < -0.3 is 10.5 Å². The highest BCUT2D eigenvalue weighted by atomic mass is 16.5. The van der Waals surface area contributed by atoms with E-state index in [2.05, 4.69) is 18.1 Å². The molecule has 0 saturated carbocycles. The molecular weight excluding hydrogens is 190 g/mol. The lowest BCUT2D eigenvalue weighted by Gasteiger charge is -2.12. The van der Waals surface area contributed by atoms with Crippen molar-refractivity contribution in [2.24, 2.45) is 5.73 Å². The van der Waals surface area contributed by atoms with E-state index in [-0.39, 0.29) is 6.04 Å². The predicted octanol–water partition coefficient (Wildman–Crippen LogP) is 1.12. The Morgan fingerprint density at radius 3 is 2.87 bits per heavy atom. The summed E-state index contributed by atoms with van der Waals surface area (Å²) in [4.78, 5) is 0.